The summed E-state index contributed by atoms with van der Waals surface area (Å²) in [5.41, 5.74) is 6.18. The molecular formula is C16H16ClF2NO. The zero-order valence-corrected chi connectivity index (χ0v) is 12.1. The SMILES string of the molecule is NCC(CO)(Cc1ccc(Cl)c(F)c1)c1cccc(F)c1. The van der Waals surface area contributed by atoms with Crippen LogP contribution < -0.4 is 5.73 Å². The molecule has 0 aliphatic rings. The quantitative estimate of drug-likeness (QED) is 0.891. The van der Waals surface area contributed by atoms with Gasteiger partial charge in [0.1, 0.15) is 11.6 Å². The summed E-state index contributed by atoms with van der Waals surface area (Å²) in [6.45, 7) is -0.158. The van der Waals surface area contributed by atoms with Gasteiger partial charge < -0.3 is 10.8 Å². The molecule has 2 aromatic carbocycles. The molecule has 2 aromatic rings. The molecule has 1 unspecified atom stereocenters. The second-order valence-electron chi connectivity index (χ2n) is 5.08. The zero-order valence-electron chi connectivity index (χ0n) is 11.3. The van der Waals surface area contributed by atoms with E-state index in [2.05, 4.69) is 0 Å². The zero-order chi connectivity index (χ0) is 15.5. The second kappa shape index (κ2) is 6.52. The Balaban J connectivity index is 2.40. The van der Waals surface area contributed by atoms with Gasteiger partial charge >= 0.3 is 0 Å². The minimum absolute atomic E-state index is 0.0341. The van der Waals surface area contributed by atoms with Crippen LogP contribution in [0.1, 0.15) is 11.1 Å². The van der Waals surface area contributed by atoms with Crippen molar-refractivity contribution in [3.63, 3.8) is 0 Å². The van der Waals surface area contributed by atoms with Crippen LogP contribution in [-0.2, 0) is 11.8 Å². The monoisotopic (exact) mass is 311 g/mol. The molecule has 0 aliphatic heterocycles. The van der Waals surface area contributed by atoms with E-state index in [0.29, 0.717) is 11.1 Å². The number of aliphatic hydroxyl groups is 1. The molecule has 3 N–H and O–H groups in total. The molecule has 1 atom stereocenters. The van der Waals surface area contributed by atoms with E-state index in [-0.39, 0.29) is 24.6 Å². The first-order valence-electron chi connectivity index (χ1n) is 6.52. The van der Waals surface area contributed by atoms with E-state index in [9.17, 15) is 13.9 Å². The normalized spacial score (nSPS) is 14.0. The molecule has 0 saturated carbocycles. The lowest BCUT2D eigenvalue weighted by atomic mass is 9.76. The van der Waals surface area contributed by atoms with Crippen LogP contribution >= 0.6 is 11.6 Å². The minimum Gasteiger partial charge on any atom is -0.395 e. The molecule has 0 saturated heterocycles. The summed E-state index contributed by atoms with van der Waals surface area (Å²) in [5.74, 6) is -0.932. The summed E-state index contributed by atoms with van der Waals surface area (Å²) in [5, 5.41) is 9.82. The topological polar surface area (TPSA) is 46.2 Å². The lowest BCUT2D eigenvalue weighted by Crippen LogP contribution is -2.41. The Labute approximate surface area is 127 Å². The first-order chi connectivity index (χ1) is 10.0. The van der Waals surface area contributed by atoms with E-state index in [1.807, 2.05) is 0 Å². The fourth-order valence-corrected chi connectivity index (χ4v) is 2.48. The van der Waals surface area contributed by atoms with Gasteiger partial charge in [-0.3, -0.25) is 0 Å². The third-order valence-corrected chi connectivity index (χ3v) is 3.96. The number of hydrogen-bond acceptors (Lipinski definition) is 2. The molecule has 0 bridgehead atoms. The van der Waals surface area contributed by atoms with Crippen LogP contribution in [0.5, 0.6) is 0 Å². The van der Waals surface area contributed by atoms with Crippen LogP contribution in [0, 0.1) is 11.6 Å². The van der Waals surface area contributed by atoms with Gasteiger partial charge in [0, 0.05) is 12.0 Å². The van der Waals surface area contributed by atoms with E-state index in [0.717, 1.165) is 0 Å². The highest BCUT2D eigenvalue weighted by Crippen LogP contribution is 2.29. The number of rotatable bonds is 5. The summed E-state index contributed by atoms with van der Waals surface area (Å²) in [7, 11) is 0. The Morgan fingerprint density at radius 1 is 1.14 bits per heavy atom. The van der Waals surface area contributed by atoms with E-state index in [1.165, 1.54) is 24.3 Å². The van der Waals surface area contributed by atoms with Crippen molar-refractivity contribution in [2.45, 2.75) is 11.8 Å². The van der Waals surface area contributed by atoms with E-state index in [4.69, 9.17) is 17.3 Å². The van der Waals surface area contributed by atoms with Crippen molar-refractivity contribution in [3.8, 4) is 0 Å². The van der Waals surface area contributed by atoms with E-state index in [1.54, 1.807) is 18.2 Å². The maximum atomic E-state index is 13.5. The summed E-state index contributed by atoms with van der Waals surface area (Å²) in [6, 6.07) is 10.4. The van der Waals surface area contributed by atoms with E-state index < -0.39 is 17.0 Å². The molecular weight excluding hydrogens is 296 g/mol. The van der Waals surface area contributed by atoms with Crippen molar-refractivity contribution in [1.29, 1.82) is 0 Å². The van der Waals surface area contributed by atoms with Gasteiger partial charge in [-0.2, -0.15) is 0 Å². The Morgan fingerprint density at radius 2 is 1.90 bits per heavy atom. The smallest absolute Gasteiger partial charge is 0.142 e. The maximum absolute atomic E-state index is 13.5. The number of halogens is 3. The second-order valence-corrected chi connectivity index (χ2v) is 5.49. The molecule has 21 heavy (non-hydrogen) atoms. The molecule has 112 valence electrons. The first-order valence-corrected chi connectivity index (χ1v) is 6.89. The van der Waals surface area contributed by atoms with Crippen LogP contribution in [0.15, 0.2) is 42.5 Å². The Hall–Kier alpha value is -1.49. The van der Waals surface area contributed by atoms with Gasteiger partial charge in [0.15, 0.2) is 0 Å². The summed E-state index contributed by atoms with van der Waals surface area (Å²) in [6.07, 6.45) is 0.289. The van der Waals surface area contributed by atoms with Crippen molar-refractivity contribution in [2.75, 3.05) is 13.2 Å². The molecule has 0 heterocycles. The van der Waals surface area contributed by atoms with Gasteiger partial charge in [0.05, 0.1) is 11.6 Å². The number of hydrogen-bond donors (Lipinski definition) is 2. The molecule has 0 amide bonds. The van der Waals surface area contributed by atoms with Gasteiger partial charge in [0.25, 0.3) is 0 Å². The first kappa shape index (κ1) is 15.9. The molecule has 0 spiro atoms. The van der Waals surface area contributed by atoms with Gasteiger partial charge in [-0.05, 0) is 41.8 Å². The van der Waals surface area contributed by atoms with Gasteiger partial charge in [0.2, 0.25) is 0 Å². The van der Waals surface area contributed by atoms with Gasteiger partial charge in [-0.25, -0.2) is 8.78 Å². The van der Waals surface area contributed by atoms with Gasteiger partial charge in [-0.1, -0.05) is 29.8 Å². The van der Waals surface area contributed by atoms with Crippen LogP contribution in [0.2, 0.25) is 5.02 Å². The average molecular weight is 312 g/mol. The summed E-state index contributed by atoms with van der Waals surface area (Å²) < 4.78 is 27.0. The van der Waals surface area contributed by atoms with Crippen LogP contribution in [0.3, 0.4) is 0 Å². The average Bonchev–Trinajstić information content (AvgIpc) is 2.48. The molecule has 0 aliphatic carbocycles. The lowest BCUT2D eigenvalue weighted by Gasteiger charge is -2.31. The number of aliphatic hydroxyl groups excluding tert-OH is 1. The fourth-order valence-electron chi connectivity index (χ4n) is 2.36. The highest BCUT2D eigenvalue weighted by molar-refractivity contribution is 6.30. The molecule has 2 rings (SSSR count). The van der Waals surface area contributed by atoms with Crippen LogP contribution in [-0.4, -0.2) is 18.3 Å². The fraction of sp³-hybridized carbons (Fsp3) is 0.250. The van der Waals surface area contributed by atoms with Gasteiger partial charge in [-0.15, -0.1) is 0 Å². The maximum Gasteiger partial charge on any atom is 0.142 e. The number of benzene rings is 2. The minimum atomic E-state index is -0.859. The highest BCUT2D eigenvalue weighted by Gasteiger charge is 2.31. The number of nitrogens with two attached hydrogens (primary N) is 1. The molecule has 0 radical (unpaired) electrons. The van der Waals surface area contributed by atoms with Crippen molar-refractivity contribution in [2.24, 2.45) is 5.73 Å². The van der Waals surface area contributed by atoms with Crippen molar-refractivity contribution in [3.05, 3.63) is 70.2 Å². The van der Waals surface area contributed by atoms with E-state index >= 15 is 0 Å². The predicted molar refractivity (Wildman–Crippen MR) is 79.3 cm³/mol. The summed E-state index contributed by atoms with van der Waals surface area (Å²) >= 11 is 5.66. The molecule has 0 aromatic heterocycles. The standard InChI is InChI=1S/C16H16ClF2NO/c17-14-5-4-11(6-15(14)19)8-16(9-20,10-21)12-2-1-3-13(18)7-12/h1-7,21H,8-10,20H2. The predicted octanol–water partition coefficient (Wildman–Crippen LogP) is 3.05. The third kappa shape index (κ3) is 3.40. The molecule has 5 heteroatoms. The lowest BCUT2D eigenvalue weighted by molar-refractivity contribution is 0.195. The van der Waals surface area contributed by atoms with Crippen molar-refractivity contribution < 1.29 is 13.9 Å². The Morgan fingerprint density at radius 3 is 2.48 bits per heavy atom. The van der Waals surface area contributed by atoms with Crippen molar-refractivity contribution in [1.82, 2.24) is 0 Å². The van der Waals surface area contributed by atoms with Crippen molar-refractivity contribution >= 4 is 11.6 Å². The Bertz CT molecular complexity index is 629. The summed E-state index contributed by atoms with van der Waals surface area (Å²) in [4.78, 5) is 0. The third-order valence-electron chi connectivity index (χ3n) is 3.66. The largest absolute Gasteiger partial charge is 0.395 e. The van der Waals surface area contributed by atoms with Crippen LogP contribution in [0.25, 0.3) is 0 Å². The Kier molecular flexibility index (Phi) is 4.93. The molecule has 0 fully saturated rings. The molecule has 2 nitrogen and oxygen atoms in total. The van der Waals surface area contributed by atoms with Crippen LogP contribution in [0.4, 0.5) is 8.78 Å². The highest BCUT2D eigenvalue weighted by atomic mass is 35.5.